The van der Waals surface area contributed by atoms with Gasteiger partial charge in [0, 0.05) is 26.2 Å². The van der Waals surface area contributed by atoms with Crippen LogP contribution in [0.15, 0.2) is 0 Å². The zero-order valence-electron chi connectivity index (χ0n) is 10.3. The van der Waals surface area contributed by atoms with Crippen LogP contribution in [-0.4, -0.2) is 60.9 Å². The summed E-state index contributed by atoms with van der Waals surface area (Å²) in [5.74, 6) is 0.154. The van der Waals surface area contributed by atoms with Gasteiger partial charge in [0.1, 0.15) is 0 Å². The van der Waals surface area contributed by atoms with Crippen molar-refractivity contribution in [3.8, 4) is 0 Å². The fraction of sp³-hybridized carbons (Fsp3) is 0.833. The number of hydrogen-bond donors (Lipinski definition) is 1. The maximum absolute atomic E-state index is 12.1. The molecule has 2 fully saturated rings. The molecule has 96 valence electrons. The first-order valence-corrected chi connectivity index (χ1v) is 6.53. The summed E-state index contributed by atoms with van der Waals surface area (Å²) in [7, 11) is 0. The van der Waals surface area contributed by atoms with E-state index in [2.05, 4.69) is 5.32 Å². The Morgan fingerprint density at radius 1 is 1.12 bits per heavy atom. The topological polar surface area (TPSA) is 52.7 Å². The number of nitrogens with one attached hydrogen (secondary N) is 1. The third-order valence-electron chi connectivity index (χ3n) is 3.47. The normalized spacial score (nSPS) is 22.5. The smallest absolute Gasteiger partial charge is 0.242 e. The maximum atomic E-state index is 12.1. The van der Waals surface area contributed by atoms with Crippen LogP contribution in [0, 0.1) is 0 Å². The lowest BCUT2D eigenvalue weighted by molar-refractivity contribution is -0.141. The largest absolute Gasteiger partial charge is 0.341 e. The van der Waals surface area contributed by atoms with Crippen LogP contribution < -0.4 is 5.32 Å². The van der Waals surface area contributed by atoms with E-state index in [1.54, 1.807) is 4.90 Å². The number of likely N-dealkylation sites (tertiary alicyclic amines) is 1. The molecule has 2 amide bonds. The van der Waals surface area contributed by atoms with Gasteiger partial charge in [-0.05, 0) is 12.8 Å². The molecule has 0 spiro atoms. The Hall–Kier alpha value is -1.10. The number of nitrogens with zero attached hydrogens (tertiary/aromatic N) is 2. The molecule has 2 aliphatic heterocycles. The molecule has 0 bridgehead atoms. The van der Waals surface area contributed by atoms with E-state index in [1.807, 2.05) is 4.90 Å². The number of carbonyl (C=O) groups excluding carboxylic acids is 2. The Bertz CT molecular complexity index is 285. The van der Waals surface area contributed by atoms with Crippen molar-refractivity contribution in [2.24, 2.45) is 0 Å². The van der Waals surface area contributed by atoms with Gasteiger partial charge in [0.05, 0.1) is 13.1 Å². The second kappa shape index (κ2) is 6.00. The van der Waals surface area contributed by atoms with Crippen molar-refractivity contribution >= 4 is 11.8 Å². The molecule has 0 atom stereocenters. The van der Waals surface area contributed by atoms with Crippen LogP contribution in [0.3, 0.4) is 0 Å². The SMILES string of the molecule is O=C(CN1CCNCC1=O)N1CCCCCC1. The van der Waals surface area contributed by atoms with Gasteiger partial charge in [-0.2, -0.15) is 0 Å². The molecule has 0 aliphatic carbocycles. The van der Waals surface area contributed by atoms with Gasteiger partial charge in [-0.3, -0.25) is 9.59 Å². The van der Waals surface area contributed by atoms with Crippen molar-refractivity contribution in [1.82, 2.24) is 15.1 Å². The summed E-state index contributed by atoms with van der Waals surface area (Å²) < 4.78 is 0. The molecule has 0 aromatic rings. The molecule has 0 saturated carbocycles. The highest BCUT2D eigenvalue weighted by molar-refractivity contribution is 5.86. The molecule has 0 radical (unpaired) electrons. The Balaban J connectivity index is 1.84. The van der Waals surface area contributed by atoms with Crippen LogP contribution in [0.4, 0.5) is 0 Å². The number of amides is 2. The molecule has 17 heavy (non-hydrogen) atoms. The molecule has 0 aromatic heterocycles. The number of carbonyl (C=O) groups is 2. The van der Waals surface area contributed by atoms with E-state index in [1.165, 1.54) is 12.8 Å². The molecule has 5 heteroatoms. The Morgan fingerprint density at radius 2 is 1.82 bits per heavy atom. The minimum atomic E-state index is 0.0411. The van der Waals surface area contributed by atoms with E-state index in [4.69, 9.17) is 0 Å². The van der Waals surface area contributed by atoms with Crippen molar-refractivity contribution in [3.63, 3.8) is 0 Å². The zero-order chi connectivity index (χ0) is 12.1. The quantitative estimate of drug-likeness (QED) is 0.727. The summed E-state index contributed by atoms with van der Waals surface area (Å²) >= 11 is 0. The van der Waals surface area contributed by atoms with E-state index < -0.39 is 0 Å². The number of rotatable bonds is 2. The van der Waals surface area contributed by atoms with Crippen LogP contribution in [-0.2, 0) is 9.59 Å². The van der Waals surface area contributed by atoms with Gasteiger partial charge in [-0.15, -0.1) is 0 Å². The zero-order valence-corrected chi connectivity index (χ0v) is 10.3. The van der Waals surface area contributed by atoms with E-state index in [9.17, 15) is 9.59 Å². The molecule has 0 unspecified atom stereocenters. The van der Waals surface area contributed by atoms with Crippen LogP contribution >= 0.6 is 0 Å². The predicted octanol–water partition coefficient (Wildman–Crippen LogP) is -0.179. The molecule has 1 N–H and O–H groups in total. The van der Waals surface area contributed by atoms with Gasteiger partial charge < -0.3 is 15.1 Å². The minimum Gasteiger partial charge on any atom is -0.341 e. The van der Waals surface area contributed by atoms with Gasteiger partial charge >= 0.3 is 0 Å². The fourth-order valence-electron chi connectivity index (χ4n) is 2.40. The van der Waals surface area contributed by atoms with Crippen LogP contribution in [0.2, 0.25) is 0 Å². The van der Waals surface area contributed by atoms with Crippen molar-refractivity contribution < 1.29 is 9.59 Å². The maximum Gasteiger partial charge on any atom is 0.242 e. The Labute approximate surface area is 102 Å². The number of hydrogen-bond acceptors (Lipinski definition) is 3. The summed E-state index contributed by atoms with van der Waals surface area (Å²) in [4.78, 5) is 27.2. The van der Waals surface area contributed by atoms with Crippen molar-refractivity contribution in [3.05, 3.63) is 0 Å². The highest BCUT2D eigenvalue weighted by atomic mass is 16.2. The van der Waals surface area contributed by atoms with Crippen LogP contribution in [0.5, 0.6) is 0 Å². The molecular weight excluding hydrogens is 218 g/mol. The van der Waals surface area contributed by atoms with Gasteiger partial charge in [0.15, 0.2) is 0 Å². The van der Waals surface area contributed by atoms with E-state index >= 15 is 0 Å². The Kier molecular flexibility index (Phi) is 4.36. The van der Waals surface area contributed by atoms with Crippen LogP contribution in [0.1, 0.15) is 25.7 Å². The minimum absolute atomic E-state index is 0.0411. The summed E-state index contributed by atoms with van der Waals surface area (Å²) in [6, 6.07) is 0. The third-order valence-corrected chi connectivity index (χ3v) is 3.47. The van der Waals surface area contributed by atoms with Gasteiger partial charge in [-0.1, -0.05) is 12.8 Å². The summed E-state index contributed by atoms with van der Waals surface area (Å²) in [6.07, 6.45) is 4.63. The highest BCUT2D eigenvalue weighted by Gasteiger charge is 2.23. The molecular formula is C12H21N3O2. The predicted molar refractivity (Wildman–Crippen MR) is 64.5 cm³/mol. The lowest BCUT2D eigenvalue weighted by Crippen LogP contribution is -2.52. The first-order chi connectivity index (χ1) is 8.27. The fourth-order valence-corrected chi connectivity index (χ4v) is 2.40. The summed E-state index contributed by atoms with van der Waals surface area (Å²) in [6.45, 7) is 3.80. The molecule has 2 aliphatic rings. The second-order valence-electron chi connectivity index (χ2n) is 4.79. The molecule has 2 heterocycles. The average molecular weight is 239 g/mol. The van der Waals surface area contributed by atoms with E-state index in [0.29, 0.717) is 13.1 Å². The monoisotopic (exact) mass is 239 g/mol. The van der Waals surface area contributed by atoms with Gasteiger partial charge in [0.25, 0.3) is 0 Å². The first kappa shape index (κ1) is 12.4. The average Bonchev–Trinajstić information content (AvgIpc) is 2.61. The lowest BCUT2D eigenvalue weighted by Gasteiger charge is -2.29. The molecule has 2 saturated heterocycles. The number of piperazine rings is 1. The summed E-state index contributed by atoms with van der Waals surface area (Å²) in [5.41, 5.74) is 0. The molecule has 5 nitrogen and oxygen atoms in total. The highest BCUT2D eigenvalue weighted by Crippen LogP contribution is 2.10. The van der Waals surface area contributed by atoms with Gasteiger partial charge in [-0.25, -0.2) is 0 Å². The van der Waals surface area contributed by atoms with Crippen molar-refractivity contribution in [2.75, 3.05) is 39.3 Å². The first-order valence-electron chi connectivity index (χ1n) is 6.53. The van der Waals surface area contributed by atoms with E-state index in [0.717, 1.165) is 32.5 Å². The second-order valence-corrected chi connectivity index (χ2v) is 4.79. The van der Waals surface area contributed by atoms with Crippen molar-refractivity contribution in [1.29, 1.82) is 0 Å². The van der Waals surface area contributed by atoms with E-state index in [-0.39, 0.29) is 18.4 Å². The van der Waals surface area contributed by atoms with Crippen LogP contribution in [0.25, 0.3) is 0 Å². The molecule has 0 aromatic carbocycles. The standard InChI is InChI=1S/C12H21N3O2/c16-11-9-13-5-8-15(11)10-12(17)14-6-3-1-2-4-7-14/h13H,1-10H2. The Morgan fingerprint density at radius 3 is 2.47 bits per heavy atom. The molecule has 2 rings (SSSR count). The lowest BCUT2D eigenvalue weighted by atomic mass is 10.2. The summed E-state index contributed by atoms with van der Waals surface area (Å²) in [5, 5.41) is 3.01. The van der Waals surface area contributed by atoms with Gasteiger partial charge in [0.2, 0.25) is 11.8 Å². The third kappa shape index (κ3) is 3.43. The van der Waals surface area contributed by atoms with Crippen molar-refractivity contribution in [2.45, 2.75) is 25.7 Å².